The van der Waals surface area contributed by atoms with Crippen molar-refractivity contribution in [2.75, 3.05) is 12.3 Å². The molecular weight excluding hydrogens is 331 g/mol. The molecule has 0 atom stereocenters. The van der Waals surface area contributed by atoms with Gasteiger partial charge in [0.2, 0.25) is 0 Å². The first-order chi connectivity index (χ1) is 11.9. The normalized spacial score (nSPS) is 16.1. The van der Waals surface area contributed by atoms with Gasteiger partial charge in [0.1, 0.15) is 5.83 Å². The Morgan fingerprint density at radius 3 is 2.36 bits per heavy atom. The fourth-order valence-corrected chi connectivity index (χ4v) is 3.56. The Hall–Kier alpha value is -1.26. The summed E-state index contributed by atoms with van der Waals surface area (Å²) in [5.41, 5.74) is 7.53. The van der Waals surface area contributed by atoms with E-state index in [1.807, 2.05) is 24.3 Å². The second kappa shape index (κ2) is 11.4. The maximum absolute atomic E-state index is 13.3. The van der Waals surface area contributed by atoms with E-state index < -0.39 is 0 Å². The van der Waals surface area contributed by atoms with Crippen LogP contribution >= 0.6 is 11.8 Å². The van der Waals surface area contributed by atoms with Crippen LogP contribution in [0.2, 0.25) is 0 Å². The van der Waals surface area contributed by atoms with Crippen molar-refractivity contribution in [1.29, 1.82) is 0 Å². The summed E-state index contributed by atoms with van der Waals surface area (Å²) in [6.45, 7) is 10.9. The van der Waals surface area contributed by atoms with E-state index in [9.17, 15) is 4.39 Å². The molecule has 0 spiro atoms. The molecule has 1 saturated carbocycles. The van der Waals surface area contributed by atoms with Gasteiger partial charge in [0.25, 0.3) is 0 Å². The van der Waals surface area contributed by atoms with Gasteiger partial charge in [0, 0.05) is 28.4 Å². The highest BCUT2D eigenvalue weighted by Gasteiger charge is 2.28. The largest absolute Gasteiger partial charge is 0.380 e. The minimum atomic E-state index is -0.170. The molecule has 1 aromatic rings. The van der Waals surface area contributed by atoms with Crippen LogP contribution < -0.4 is 11.1 Å². The van der Waals surface area contributed by atoms with Gasteiger partial charge in [-0.2, -0.15) is 0 Å². The first-order valence-electron chi connectivity index (χ1n) is 9.19. The Kier molecular flexibility index (Phi) is 9.91. The van der Waals surface area contributed by atoms with E-state index in [-0.39, 0.29) is 17.9 Å². The zero-order chi connectivity index (χ0) is 18.7. The molecule has 1 aliphatic rings. The number of nitrogens with one attached hydrogen (secondary N) is 1. The van der Waals surface area contributed by atoms with Crippen molar-refractivity contribution in [3.05, 3.63) is 48.3 Å². The summed E-state index contributed by atoms with van der Waals surface area (Å²) in [5, 5.41) is 3.57. The minimum absolute atomic E-state index is 0.170. The standard InChI is InChI=1S/C18H25FN2S.C3H8/c1-14(21-18(2)10-3-4-11-18)15-5-7-17(8-6-15)22-13-16(19)9-12-20;1-3-2/h5-9,21H,1,3-4,10-13,20H2,2H3;3H2,1-2H3/b16-9-;. The summed E-state index contributed by atoms with van der Waals surface area (Å²) in [4.78, 5) is 1.05. The van der Waals surface area contributed by atoms with Crippen LogP contribution in [0, 0.1) is 0 Å². The number of hydrogen-bond acceptors (Lipinski definition) is 3. The van der Waals surface area contributed by atoms with E-state index in [4.69, 9.17) is 5.73 Å². The number of halogens is 1. The number of thioether (sulfide) groups is 1. The molecule has 140 valence electrons. The summed E-state index contributed by atoms with van der Waals surface area (Å²) in [6, 6.07) is 8.11. The Bertz CT molecular complexity index is 546. The first-order valence-corrected chi connectivity index (χ1v) is 10.2. The monoisotopic (exact) mass is 364 g/mol. The van der Waals surface area contributed by atoms with Gasteiger partial charge in [-0.15, -0.1) is 11.8 Å². The lowest BCUT2D eigenvalue weighted by Gasteiger charge is -2.28. The molecule has 0 heterocycles. The fraction of sp³-hybridized carbons (Fsp3) is 0.524. The van der Waals surface area contributed by atoms with Gasteiger partial charge >= 0.3 is 0 Å². The Morgan fingerprint density at radius 1 is 1.28 bits per heavy atom. The number of hydrogen-bond donors (Lipinski definition) is 2. The van der Waals surface area contributed by atoms with Crippen molar-refractivity contribution in [1.82, 2.24) is 5.32 Å². The molecule has 1 aliphatic carbocycles. The van der Waals surface area contributed by atoms with Crippen LogP contribution in [0.5, 0.6) is 0 Å². The second-order valence-corrected chi connectivity index (χ2v) is 7.83. The van der Waals surface area contributed by atoms with E-state index in [1.54, 1.807) is 0 Å². The minimum Gasteiger partial charge on any atom is -0.380 e. The van der Waals surface area contributed by atoms with Crippen molar-refractivity contribution in [2.24, 2.45) is 5.73 Å². The Labute approximate surface area is 157 Å². The van der Waals surface area contributed by atoms with Gasteiger partial charge in [-0.05, 0) is 43.5 Å². The highest BCUT2D eigenvalue weighted by molar-refractivity contribution is 7.99. The summed E-state index contributed by atoms with van der Waals surface area (Å²) < 4.78 is 13.3. The molecule has 0 aromatic heterocycles. The molecule has 0 radical (unpaired) electrons. The molecule has 1 fully saturated rings. The number of benzene rings is 1. The summed E-state index contributed by atoms with van der Waals surface area (Å²) in [6.07, 6.45) is 7.64. The SMILES string of the molecule is C=C(NC1(C)CCCC1)c1ccc(SC/C(F)=C/CN)cc1.CCC. The van der Waals surface area contributed by atoms with Crippen molar-refractivity contribution in [3.8, 4) is 0 Å². The Balaban J connectivity index is 0.000000970. The second-order valence-electron chi connectivity index (χ2n) is 6.78. The molecule has 0 saturated heterocycles. The quantitative estimate of drug-likeness (QED) is 0.592. The maximum atomic E-state index is 13.3. The third-order valence-electron chi connectivity index (χ3n) is 4.08. The molecule has 4 heteroatoms. The van der Waals surface area contributed by atoms with Crippen molar-refractivity contribution < 1.29 is 4.39 Å². The Morgan fingerprint density at radius 2 is 1.84 bits per heavy atom. The molecule has 0 amide bonds. The molecule has 0 bridgehead atoms. The average molecular weight is 365 g/mol. The lowest BCUT2D eigenvalue weighted by atomic mass is 9.99. The van der Waals surface area contributed by atoms with Crippen molar-refractivity contribution in [3.63, 3.8) is 0 Å². The van der Waals surface area contributed by atoms with E-state index >= 15 is 0 Å². The lowest BCUT2D eigenvalue weighted by Crippen LogP contribution is -2.37. The zero-order valence-corrected chi connectivity index (χ0v) is 16.7. The van der Waals surface area contributed by atoms with Crippen LogP contribution in [-0.2, 0) is 0 Å². The average Bonchev–Trinajstić information content (AvgIpc) is 3.00. The van der Waals surface area contributed by atoms with E-state index in [2.05, 4.69) is 32.7 Å². The van der Waals surface area contributed by atoms with Gasteiger partial charge in [-0.1, -0.05) is 51.8 Å². The van der Waals surface area contributed by atoms with Gasteiger partial charge in [-0.25, -0.2) is 4.39 Å². The maximum Gasteiger partial charge on any atom is 0.107 e. The fourth-order valence-electron chi connectivity index (χ4n) is 2.81. The van der Waals surface area contributed by atoms with Gasteiger partial charge in [0.05, 0.1) is 0 Å². The molecule has 2 nitrogen and oxygen atoms in total. The predicted octanol–water partition coefficient (Wildman–Crippen LogP) is 5.90. The highest BCUT2D eigenvalue weighted by atomic mass is 32.2. The van der Waals surface area contributed by atoms with Crippen LogP contribution in [0.15, 0.2) is 47.6 Å². The van der Waals surface area contributed by atoms with Crippen LogP contribution in [-0.4, -0.2) is 17.8 Å². The van der Waals surface area contributed by atoms with Crippen LogP contribution in [0.3, 0.4) is 0 Å². The van der Waals surface area contributed by atoms with Crippen LogP contribution in [0.4, 0.5) is 4.39 Å². The van der Waals surface area contributed by atoms with Crippen LogP contribution in [0.25, 0.3) is 5.70 Å². The van der Waals surface area contributed by atoms with Crippen molar-refractivity contribution in [2.45, 2.75) is 63.3 Å². The number of rotatable bonds is 7. The summed E-state index contributed by atoms with van der Waals surface area (Å²) in [5.74, 6) is 0.158. The van der Waals surface area contributed by atoms with E-state index in [0.717, 1.165) is 16.2 Å². The topological polar surface area (TPSA) is 38.0 Å². The molecule has 25 heavy (non-hydrogen) atoms. The first kappa shape index (κ1) is 21.8. The van der Waals surface area contributed by atoms with Gasteiger partial charge < -0.3 is 11.1 Å². The predicted molar refractivity (Wildman–Crippen MR) is 110 cm³/mol. The van der Waals surface area contributed by atoms with Crippen molar-refractivity contribution >= 4 is 17.5 Å². The highest BCUT2D eigenvalue weighted by Crippen LogP contribution is 2.31. The summed E-state index contributed by atoms with van der Waals surface area (Å²) >= 11 is 1.47. The smallest absolute Gasteiger partial charge is 0.107 e. The van der Waals surface area contributed by atoms with E-state index in [1.165, 1.54) is 49.9 Å². The van der Waals surface area contributed by atoms with Crippen LogP contribution in [0.1, 0.15) is 58.4 Å². The molecule has 3 N–H and O–H groups in total. The van der Waals surface area contributed by atoms with Gasteiger partial charge in [0.15, 0.2) is 0 Å². The summed E-state index contributed by atoms with van der Waals surface area (Å²) in [7, 11) is 0. The third kappa shape index (κ3) is 8.10. The third-order valence-corrected chi connectivity index (χ3v) is 5.10. The number of nitrogens with two attached hydrogens (primary N) is 1. The molecular formula is C21H33FN2S. The molecule has 0 aliphatic heterocycles. The molecule has 2 rings (SSSR count). The zero-order valence-electron chi connectivity index (χ0n) is 15.9. The molecule has 0 unspecified atom stereocenters. The van der Waals surface area contributed by atoms with E-state index in [0.29, 0.717) is 5.75 Å². The van der Waals surface area contributed by atoms with Gasteiger partial charge in [-0.3, -0.25) is 0 Å². The lowest BCUT2D eigenvalue weighted by molar-refractivity contribution is 0.424. The molecule has 1 aromatic carbocycles.